The third-order valence-corrected chi connectivity index (χ3v) is 5.58. The van der Waals surface area contributed by atoms with Crippen LogP contribution in [0.3, 0.4) is 0 Å². The average molecular weight is 347 g/mol. The predicted molar refractivity (Wildman–Crippen MR) is 108 cm³/mol. The zero-order chi connectivity index (χ0) is 18.2. The van der Waals surface area contributed by atoms with E-state index in [1.807, 2.05) is 0 Å². The van der Waals surface area contributed by atoms with Crippen LogP contribution in [0.1, 0.15) is 65.7 Å². The monoisotopic (exact) mass is 346 g/mol. The molecule has 0 saturated carbocycles. The van der Waals surface area contributed by atoms with Crippen LogP contribution in [0.5, 0.6) is 0 Å². The fraction of sp³-hybridized carbons (Fsp3) is 0.727. The van der Waals surface area contributed by atoms with Gasteiger partial charge in [-0.05, 0) is 58.9 Å². The molecule has 0 radical (unpaired) electrons. The molecule has 0 unspecified atom stereocenters. The van der Waals surface area contributed by atoms with E-state index in [1.54, 1.807) is 0 Å². The van der Waals surface area contributed by atoms with Crippen molar-refractivity contribution < 1.29 is 5.11 Å². The Bertz CT molecular complexity index is 482. The van der Waals surface area contributed by atoms with Gasteiger partial charge in [0.15, 0.2) is 0 Å². The van der Waals surface area contributed by atoms with E-state index in [-0.39, 0.29) is 5.54 Å². The van der Waals surface area contributed by atoms with Crippen molar-refractivity contribution in [1.29, 1.82) is 0 Å². The first-order chi connectivity index (χ1) is 11.9. The first-order valence-corrected chi connectivity index (χ1v) is 10.1. The van der Waals surface area contributed by atoms with Crippen LogP contribution in [0.4, 0.5) is 0 Å². The van der Waals surface area contributed by atoms with E-state index >= 15 is 0 Å². The van der Waals surface area contributed by atoms with Crippen LogP contribution in [0, 0.1) is 0 Å². The summed E-state index contributed by atoms with van der Waals surface area (Å²) in [5, 5.41) is 14.5. The van der Waals surface area contributed by atoms with Crippen LogP contribution >= 0.6 is 0 Å². The molecule has 0 spiro atoms. The lowest BCUT2D eigenvalue weighted by atomic mass is 9.86. The summed E-state index contributed by atoms with van der Waals surface area (Å²) in [4.78, 5) is 2.50. The van der Waals surface area contributed by atoms with Gasteiger partial charge in [-0.1, -0.05) is 49.3 Å². The van der Waals surface area contributed by atoms with Crippen molar-refractivity contribution in [1.82, 2.24) is 10.2 Å². The fourth-order valence-electron chi connectivity index (χ4n) is 3.96. The van der Waals surface area contributed by atoms with Crippen LogP contribution in [0.2, 0.25) is 0 Å². The van der Waals surface area contributed by atoms with Gasteiger partial charge in [0.05, 0.1) is 5.60 Å². The molecular weight excluding hydrogens is 308 g/mol. The Morgan fingerprint density at radius 1 is 1.20 bits per heavy atom. The summed E-state index contributed by atoms with van der Waals surface area (Å²) in [6.07, 6.45) is 18.1. The molecule has 1 heterocycles. The first-order valence-electron chi connectivity index (χ1n) is 10.1. The molecular formula is C22H38N2O. The summed E-state index contributed by atoms with van der Waals surface area (Å²) in [6.45, 7) is 10.8. The van der Waals surface area contributed by atoms with Crippen LogP contribution < -0.4 is 5.32 Å². The summed E-state index contributed by atoms with van der Waals surface area (Å²) in [7, 11) is 0. The Kier molecular flexibility index (Phi) is 7.92. The number of rotatable bonds is 9. The highest BCUT2D eigenvalue weighted by atomic mass is 16.3. The molecule has 3 nitrogen and oxygen atoms in total. The Morgan fingerprint density at radius 3 is 2.68 bits per heavy atom. The second-order valence-electron chi connectivity index (χ2n) is 8.51. The van der Waals surface area contributed by atoms with Crippen molar-refractivity contribution in [3.63, 3.8) is 0 Å². The highest BCUT2D eigenvalue weighted by molar-refractivity contribution is 5.24. The topological polar surface area (TPSA) is 35.5 Å². The average Bonchev–Trinajstić information content (AvgIpc) is 2.83. The molecule has 1 saturated heterocycles. The van der Waals surface area contributed by atoms with E-state index in [2.05, 4.69) is 61.4 Å². The zero-order valence-corrected chi connectivity index (χ0v) is 16.6. The standard InChI is InChI=1S/C22H38N2O/c1-4-12-21(2,3)23-16-9-13-22(25)14-17-24(18-15-22)19-20-10-7-5-6-8-11-20/h5-8,10,23,25H,4,9,11-19H2,1-3H3. The third kappa shape index (κ3) is 7.47. The lowest BCUT2D eigenvalue weighted by Crippen LogP contribution is -2.45. The Morgan fingerprint density at radius 2 is 1.96 bits per heavy atom. The normalized spacial score (nSPS) is 21.2. The number of hydrogen-bond donors (Lipinski definition) is 2. The van der Waals surface area contributed by atoms with Gasteiger partial charge in [-0.2, -0.15) is 0 Å². The van der Waals surface area contributed by atoms with E-state index in [9.17, 15) is 5.11 Å². The summed E-state index contributed by atoms with van der Waals surface area (Å²) in [5.41, 5.74) is 1.23. The number of piperidine rings is 1. The van der Waals surface area contributed by atoms with Crippen molar-refractivity contribution in [2.75, 3.05) is 26.2 Å². The molecule has 25 heavy (non-hydrogen) atoms. The lowest BCUT2D eigenvalue weighted by molar-refractivity contribution is -0.0272. The minimum Gasteiger partial charge on any atom is -0.390 e. The van der Waals surface area contributed by atoms with Gasteiger partial charge in [0.2, 0.25) is 0 Å². The van der Waals surface area contributed by atoms with E-state index in [1.165, 1.54) is 18.4 Å². The van der Waals surface area contributed by atoms with Gasteiger partial charge < -0.3 is 10.4 Å². The maximum atomic E-state index is 10.9. The number of allylic oxidation sites excluding steroid dienone is 5. The highest BCUT2D eigenvalue weighted by Gasteiger charge is 2.31. The number of aliphatic hydroxyl groups is 1. The second kappa shape index (κ2) is 9.70. The third-order valence-electron chi connectivity index (χ3n) is 5.58. The largest absolute Gasteiger partial charge is 0.390 e. The zero-order valence-electron chi connectivity index (χ0n) is 16.6. The molecule has 1 fully saturated rings. The van der Waals surface area contributed by atoms with E-state index < -0.39 is 5.60 Å². The summed E-state index contributed by atoms with van der Waals surface area (Å²) < 4.78 is 0. The lowest BCUT2D eigenvalue weighted by Gasteiger charge is -2.39. The molecule has 2 rings (SSSR count). The molecule has 3 heteroatoms. The number of hydrogen-bond acceptors (Lipinski definition) is 3. The van der Waals surface area contributed by atoms with Gasteiger partial charge in [0.25, 0.3) is 0 Å². The molecule has 1 aliphatic carbocycles. The maximum absolute atomic E-state index is 10.9. The summed E-state index contributed by atoms with van der Waals surface area (Å²) in [6, 6.07) is 0. The van der Waals surface area contributed by atoms with Crippen molar-refractivity contribution in [2.45, 2.75) is 76.9 Å². The van der Waals surface area contributed by atoms with Crippen LogP contribution in [-0.4, -0.2) is 47.3 Å². The molecule has 0 bridgehead atoms. The SMILES string of the molecule is CCCC(C)(C)NCCCC1(O)CCN(CC2=CC=CC=CC2)CC1. The van der Waals surface area contributed by atoms with Crippen molar-refractivity contribution in [3.05, 3.63) is 36.0 Å². The van der Waals surface area contributed by atoms with Crippen LogP contribution in [-0.2, 0) is 0 Å². The number of likely N-dealkylation sites (tertiary alicyclic amines) is 1. The Balaban J connectivity index is 1.67. The van der Waals surface area contributed by atoms with Crippen molar-refractivity contribution in [3.8, 4) is 0 Å². The van der Waals surface area contributed by atoms with Gasteiger partial charge in [0, 0.05) is 25.2 Å². The van der Waals surface area contributed by atoms with Crippen LogP contribution in [0.15, 0.2) is 36.0 Å². The minimum absolute atomic E-state index is 0.218. The van der Waals surface area contributed by atoms with Gasteiger partial charge in [0.1, 0.15) is 0 Å². The number of nitrogens with zero attached hydrogens (tertiary/aromatic N) is 1. The highest BCUT2D eigenvalue weighted by Crippen LogP contribution is 2.27. The molecule has 2 N–H and O–H groups in total. The van der Waals surface area contributed by atoms with E-state index in [0.717, 1.165) is 58.3 Å². The predicted octanol–water partition coefficient (Wildman–Crippen LogP) is 4.20. The minimum atomic E-state index is -0.454. The van der Waals surface area contributed by atoms with E-state index in [4.69, 9.17) is 0 Å². The molecule has 0 aromatic rings. The molecule has 1 aliphatic heterocycles. The summed E-state index contributed by atoms with van der Waals surface area (Å²) in [5.74, 6) is 0. The Hall–Kier alpha value is -0.900. The van der Waals surface area contributed by atoms with E-state index in [0.29, 0.717) is 0 Å². The fourth-order valence-corrected chi connectivity index (χ4v) is 3.96. The van der Waals surface area contributed by atoms with Crippen LogP contribution in [0.25, 0.3) is 0 Å². The molecule has 0 aromatic carbocycles. The van der Waals surface area contributed by atoms with Crippen molar-refractivity contribution >= 4 is 0 Å². The van der Waals surface area contributed by atoms with Crippen molar-refractivity contribution in [2.24, 2.45) is 0 Å². The van der Waals surface area contributed by atoms with Gasteiger partial charge in [-0.25, -0.2) is 0 Å². The maximum Gasteiger partial charge on any atom is 0.0672 e. The molecule has 2 aliphatic rings. The Labute approximate surface area is 154 Å². The smallest absolute Gasteiger partial charge is 0.0672 e. The van der Waals surface area contributed by atoms with Gasteiger partial charge in [-0.3, -0.25) is 4.90 Å². The molecule has 0 amide bonds. The molecule has 142 valence electrons. The summed E-state index contributed by atoms with van der Waals surface area (Å²) >= 11 is 0. The quantitative estimate of drug-likeness (QED) is 0.614. The number of nitrogens with one attached hydrogen (secondary N) is 1. The van der Waals surface area contributed by atoms with Gasteiger partial charge in [-0.15, -0.1) is 0 Å². The van der Waals surface area contributed by atoms with Gasteiger partial charge >= 0.3 is 0 Å². The molecule has 0 aromatic heterocycles. The second-order valence-corrected chi connectivity index (χ2v) is 8.51. The molecule has 0 atom stereocenters. The first kappa shape index (κ1) is 20.4.